The molecule has 3 rings (SSSR count). The molecule has 0 saturated carbocycles. The third-order valence-corrected chi connectivity index (χ3v) is 3.78. The van der Waals surface area contributed by atoms with E-state index in [1.54, 1.807) is 12.1 Å². The molecule has 0 aliphatic rings. The Morgan fingerprint density at radius 2 is 2.00 bits per heavy atom. The van der Waals surface area contributed by atoms with Crippen molar-refractivity contribution in [2.75, 3.05) is 20.3 Å². The average Bonchev–Trinajstić information content (AvgIpc) is 2.65. The lowest BCUT2D eigenvalue weighted by Crippen LogP contribution is -2.05. The number of carbonyl (C=O) groups is 1. The predicted molar refractivity (Wildman–Crippen MR) is 94.7 cm³/mol. The Labute approximate surface area is 143 Å². The number of ether oxygens (including phenoxy) is 2. The maximum Gasteiger partial charge on any atom is 0.339 e. The maximum atomic E-state index is 12.3. The van der Waals surface area contributed by atoms with Gasteiger partial charge in [-0.3, -0.25) is 0 Å². The Morgan fingerprint density at radius 1 is 1.20 bits per heavy atom. The van der Waals surface area contributed by atoms with Gasteiger partial charge in [-0.15, -0.1) is 0 Å². The summed E-state index contributed by atoms with van der Waals surface area (Å²) in [5.41, 5.74) is 10.1. The lowest BCUT2D eigenvalue weighted by molar-refractivity contribution is 0.0605. The zero-order chi connectivity index (χ0) is 17.6. The van der Waals surface area contributed by atoms with Crippen LogP contribution in [0.5, 0.6) is 5.75 Å². The van der Waals surface area contributed by atoms with Crippen LogP contribution in [-0.4, -0.2) is 31.2 Å². The van der Waals surface area contributed by atoms with Crippen LogP contribution in [0.4, 0.5) is 0 Å². The van der Waals surface area contributed by atoms with Gasteiger partial charge in [0, 0.05) is 28.3 Å². The Bertz CT molecular complexity index is 981. The molecular formula is C18H16N4O3. The van der Waals surface area contributed by atoms with Crippen molar-refractivity contribution in [2.24, 2.45) is 5.11 Å². The van der Waals surface area contributed by atoms with Crippen molar-refractivity contribution in [3.63, 3.8) is 0 Å². The summed E-state index contributed by atoms with van der Waals surface area (Å²) in [7, 11) is 1.37. The smallest absolute Gasteiger partial charge is 0.339 e. The number of benzene rings is 2. The van der Waals surface area contributed by atoms with E-state index in [4.69, 9.17) is 15.0 Å². The number of esters is 1. The quantitative estimate of drug-likeness (QED) is 0.168. The number of hydrogen-bond acceptors (Lipinski definition) is 5. The molecule has 0 radical (unpaired) electrons. The van der Waals surface area contributed by atoms with Crippen LogP contribution in [0.25, 0.3) is 32.2 Å². The summed E-state index contributed by atoms with van der Waals surface area (Å²) in [5.74, 6) is 0.249. The number of aromatic nitrogens is 1. The standard InChI is InChI=1S/C18H16N4O3/c1-24-18(23)17-13-5-2-3-6-15(13)21-16-11-12(7-8-14(16)17)25-10-4-9-20-22-19/h2-3,5-8,11H,4,9-10H2,1H3. The van der Waals surface area contributed by atoms with Crippen molar-refractivity contribution in [1.82, 2.24) is 4.98 Å². The molecule has 25 heavy (non-hydrogen) atoms. The minimum atomic E-state index is -0.397. The van der Waals surface area contributed by atoms with Gasteiger partial charge in [0.05, 0.1) is 30.3 Å². The second kappa shape index (κ2) is 7.51. The summed E-state index contributed by atoms with van der Waals surface area (Å²) in [5, 5.41) is 4.93. The molecular weight excluding hydrogens is 320 g/mol. The fourth-order valence-corrected chi connectivity index (χ4v) is 2.65. The molecule has 0 N–H and O–H groups in total. The number of nitrogens with zero attached hydrogens (tertiary/aromatic N) is 4. The van der Waals surface area contributed by atoms with E-state index < -0.39 is 5.97 Å². The Kier molecular flexibility index (Phi) is 4.97. The summed E-state index contributed by atoms with van der Waals surface area (Å²) in [6.07, 6.45) is 0.626. The number of pyridine rings is 1. The van der Waals surface area contributed by atoms with Crippen molar-refractivity contribution in [2.45, 2.75) is 6.42 Å². The lowest BCUT2D eigenvalue weighted by Gasteiger charge is -2.11. The van der Waals surface area contributed by atoms with Gasteiger partial charge >= 0.3 is 5.97 Å². The minimum absolute atomic E-state index is 0.388. The Hall–Kier alpha value is -3.31. The molecule has 1 aromatic heterocycles. The number of hydrogen-bond donors (Lipinski definition) is 0. The van der Waals surface area contributed by atoms with Crippen LogP contribution in [0.2, 0.25) is 0 Å². The molecule has 3 aromatic rings. The van der Waals surface area contributed by atoms with Gasteiger partial charge in [0.1, 0.15) is 5.75 Å². The number of carbonyl (C=O) groups excluding carboxylic acids is 1. The van der Waals surface area contributed by atoms with E-state index in [9.17, 15) is 4.79 Å². The largest absolute Gasteiger partial charge is 0.494 e. The molecule has 2 aromatic carbocycles. The van der Waals surface area contributed by atoms with Crippen LogP contribution in [0.15, 0.2) is 47.6 Å². The van der Waals surface area contributed by atoms with E-state index in [1.807, 2.05) is 30.3 Å². The first-order chi connectivity index (χ1) is 12.2. The van der Waals surface area contributed by atoms with Gasteiger partial charge < -0.3 is 9.47 Å². The molecule has 7 heteroatoms. The van der Waals surface area contributed by atoms with Crippen molar-refractivity contribution in [1.29, 1.82) is 0 Å². The predicted octanol–water partition coefficient (Wildman–Crippen LogP) is 4.25. The average molecular weight is 336 g/mol. The monoisotopic (exact) mass is 336 g/mol. The molecule has 0 saturated heterocycles. The molecule has 1 heterocycles. The van der Waals surface area contributed by atoms with Crippen molar-refractivity contribution < 1.29 is 14.3 Å². The molecule has 0 aliphatic carbocycles. The molecule has 7 nitrogen and oxygen atoms in total. The van der Waals surface area contributed by atoms with E-state index in [2.05, 4.69) is 15.0 Å². The number of rotatable bonds is 6. The fraction of sp³-hybridized carbons (Fsp3) is 0.222. The highest BCUT2D eigenvalue weighted by molar-refractivity contribution is 6.14. The lowest BCUT2D eigenvalue weighted by atomic mass is 10.0. The molecule has 0 fully saturated rings. The molecule has 0 unspecified atom stereocenters. The number of fused-ring (bicyclic) bond motifs is 2. The van der Waals surface area contributed by atoms with E-state index in [1.165, 1.54) is 7.11 Å². The summed E-state index contributed by atoms with van der Waals surface area (Å²) in [4.78, 5) is 19.6. The molecule has 0 bridgehead atoms. The second-order valence-corrected chi connectivity index (χ2v) is 5.33. The van der Waals surface area contributed by atoms with Gasteiger partial charge in [0.15, 0.2) is 0 Å². The summed E-state index contributed by atoms with van der Waals surface area (Å²) >= 11 is 0. The Balaban J connectivity index is 2.00. The first kappa shape index (κ1) is 16.5. The van der Waals surface area contributed by atoms with E-state index in [0.29, 0.717) is 41.8 Å². The zero-order valence-electron chi connectivity index (χ0n) is 13.7. The van der Waals surface area contributed by atoms with Gasteiger partial charge in [-0.25, -0.2) is 9.78 Å². The van der Waals surface area contributed by atoms with Crippen molar-refractivity contribution in [3.8, 4) is 5.75 Å². The van der Waals surface area contributed by atoms with Gasteiger partial charge in [-0.05, 0) is 30.2 Å². The van der Waals surface area contributed by atoms with E-state index in [0.717, 1.165) is 10.9 Å². The maximum absolute atomic E-state index is 12.3. The molecule has 126 valence electrons. The van der Waals surface area contributed by atoms with Gasteiger partial charge in [0.2, 0.25) is 0 Å². The van der Waals surface area contributed by atoms with E-state index >= 15 is 0 Å². The first-order valence-electron chi connectivity index (χ1n) is 7.79. The second-order valence-electron chi connectivity index (χ2n) is 5.33. The summed E-state index contributed by atoms with van der Waals surface area (Å²) in [6.45, 7) is 0.821. The number of azide groups is 1. The highest BCUT2D eigenvalue weighted by Crippen LogP contribution is 2.29. The minimum Gasteiger partial charge on any atom is -0.494 e. The van der Waals surface area contributed by atoms with Crippen LogP contribution < -0.4 is 4.74 Å². The van der Waals surface area contributed by atoms with Crippen molar-refractivity contribution >= 4 is 27.8 Å². The highest BCUT2D eigenvalue weighted by atomic mass is 16.5. The van der Waals surface area contributed by atoms with E-state index in [-0.39, 0.29) is 0 Å². The topological polar surface area (TPSA) is 97.2 Å². The third kappa shape index (κ3) is 3.46. The van der Waals surface area contributed by atoms with Crippen LogP contribution in [0, 0.1) is 0 Å². The third-order valence-electron chi connectivity index (χ3n) is 3.78. The van der Waals surface area contributed by atoms with Gasteiger partial charge in [-0.1, -0.05) is 23.3 Å². The van der Waals surface area contributed by atoms with Crippen LogP contribution in [0.1, 0.15) is 16.8 Å². The van der Waals surface area contributed by atoms with Crippen LogP contribution >= 0.6 is 0 Å². The summed E-state index contributed by atoms with van der Waals surface area (Å²) in [6, 6.07) is 12.8. The van der Waals surface area contributed by atoms with Crippen LogP contribution in [-0.2, 0) is 4.74 Å². The molecule has 0 aliphatic heterocycles. The number of para-hydroxylation sites is 1. The molecule has 0 spiro atoms. The van der Waals surface area contributed by atoms with Gasteiger partial charge in [0.25, 0.3) is 0 Å². The fourth-order valence-electron chi connectivity index (χ4n) is 2.65. The molecule has 0 atom stereocenters. The van der Waals surface area contributed by atoms with Crippen LogP contribution in [0.3, 0.4) is 0 Å². The first-order valence-corrected chi connectivity index (χ1v) is 7.79. The highest BCUT2D eigenvalue weighted by Gasteiger charge is 2.16. The van der Waals surface area contributed by atoms with Crippen molar-refractivity contribution in [3.05, 3.63) is 58.5 Å². The molecule has 0 amide bonds. The SMILES string of the molecule is COC(=O)c1c2ccccc2nc2cc(OCCCN=[N+]=[N-])ccc12. The summed E-state index contributed by atoms with van der Waals surface area (Å²) < 4.78 is 10.6. The zero-order valence-corrected chi connectivity index (χ0v) is 13.7. The normalized spacial score (nSPS) is 10.4. The van der Waals surface area contributed by atoms with Gasteiger partial charge in [-0.2, -0.15) is 0 Å². The Morgan fingerprint density at radius 3 is 2.80 bits per heavy atom. The number of methoxy groups -OCH3 is 1.